The molecular formula is C13H23NO2. The Balaban J connectivity index is 1.86. The standard InChI is InChI=1S/C13H23NO2/c1-2-12(6-3-4-7-12)11(15)14-10-13(16)8-5-9-13/h16H,2-10H2,1H3,(H,14,15). The molecule has 0 aliphatic heterocycles. The lowest BCUT2D eigenvalue weighted by Gasteiger charge is -2.38. The van der Waals surface area contributed by atoms with Gasteiger partial charge in [0, 0.05) is 12.0 Å². The molecule has 2 aliphatic carbocycles. The molecule has 0 bridgehead atoms. The molecule has 16 heavy (non-hydrogen) atoms. The van der Waals surface area contributed by atoms with E-state index in [1.54, 1.807) is 0 Å². The van der Waals surface area contributed by atoms with Gasteiger partial charge in [-0.25, -0.2) is 0 Å². The predicted octanol–water partition coefficient (Wildman–Crippen LogP) is 1.99. The van der Waals surface area contributed by atoms with E-state index in [4.69, 9.17) is 0 Å². The third kappa shape index (κ3) is 2.10. The molecule has 2 aliphatic rings. The summed E-state index contributed by atoms with van der Waals surface area (Å²) >= 11 is 0. The number of carbonyl (C=O) groups excluding carboxylic acids is 1. The number of hydrogen-bond acceptors (Lipinski definition) is 2. The highest BCUT2D eigenvalue weighted by Crippen LogP contribution is 2.41. The van der Waals surface area contributed by atoms with Crippen LogP contribution in [-0.2, 0) is 4.79 Å². The van der Waals surface area contributed by atoms with Crippen molar-refractivity contribution in [3.8, 4) is 0 Å². The Morgan fingerprint density at radius 2 is 1.81 bits per heavy atom. The summed E-state index contributed by atoms with van der Waals surface area (Å²) in [6.45, 7) is 2.55. The minimum Gasteiger partial charge on any atom is -0.388 e. The molecule has 0 aromatic carbocycles. The quantitative estimate of drug-likeness (QED) is 0.768. The lowest BCUT2D eigenvalue weighted by molar-refractivity contribution is -0.133. The van der Waals surface area contributed by atoms with Crippen molar-refractivity contribution in [3.05, 3.63) is 0 Å². The molecule has 0 radical (unpaired) electrons. The van der Waals surface area contributed by atoms with E-state index in [9.17, 15) is 9.90 Å². The van der Waals surface area contributed by atoms with E-state index in [-0.39, 0.29) is 11.3 Å². The smallest absolute Gasteiger partial charge is 0.226 e. The van der Waals surface area contributed by atoms with Gasteiger partial charge in [0.15, 0.2) is 0 Å². The molecule has 0 atom stereocenters. The number of carbonyl (C=O) groups is 1. The van der Waals surface area contributed by atoms with Crippen molar-refractivity contribution in [2.45, 2.75) is 63.9 Å². The van der Waals surface area contributed by atoms with Crippen LogP contribution in [0.2, 0.25) is 0 Å². The molecule has 3 nitrogen and oxygen atoms in total. The summed E-state index contributed by atoms with van der Waals surface area (Å²) < 4.78 is 0. The first-order chi connectivity index (χ1) is 7.60. The minimum atomic E-state index is -0.594. The Morgan fingerprint density at radius 1 is 1.19 bits per heavy atom. The monoisotopic (exact) mass is 225 g/mol. The first-order valence-electron chi connectivity index (χ1n) is 6.61. The summed E-state index contributed by atoms with van der Waals surface area (Å²) in [6.07, 6.45) is 8.08. The SMILES string of the molecule is CCC1(C(=O)NCC2(O)CCC2)CCCC1. The maximum atomic E-state index is 12.2. The van der Waals surface area contributed by atoms with Gasteiger partial charge in [-0.15, -0.1) is 0 Å². The van der Waals surface area contributed by atoms with Gasteiger partial charge < -0.3 is 10.4 Å². The molecule has 0 unspecified atom stereocenters. The van der Waals surface area contributed by atoms with Crippen molar-refractivity contribution < 1.29 is 9.90 Å². The molecular weight excluding hydrogens is 202 g/mol. The summed E-state index contributed by atoms with van der Waals surface area (Å²) in [5.41, 5.74) is -0.719. The Hall–Kier alpha value is -0.570. The highest BCUT2D eigenvalue weighted by atomic mass is 16.3. The van der Waals surface area contributed by atoms with Crippen LogP contribution < -0.4 is 5.32 Å². The molecule has 2 fully saturated rings. The summed E-state index contributed by atoms with van der Waals surface area (Å²) in [4.78, 5) is 12.2. The molecule has 2 saturated carbocycles. The Labute approximate surface area is 97.6 Å². The van der Waals surface area contributed by atoms with Gasteiger partial charge in [-0.3, -0.25) is 4.79 Å². The topological polar surface area (TPSA) is 49.3 Å². The number of hydrogen-bond donors (Lipinski definition) is 2. The van der Waals surface area contributed by atoms with Crippen LogP contribution >= 0.6 is 0 Å². The second-order valence-corrected chi connectivity index (χ2v) is 5.60. The van der Waals surface area contributed by atoms with Crippen molar-refractivity contribution >= 4 is 5.91 Å². The summed E-state index contributed by atoms with van der Waals surface area (Å²) in [5, 5.41) is 12.9. The zero-order valence-corrected chi connectivity index (χ0v) is 10.2. The Morgan fingerprint density at radius 3 is 2.25 bits per heavy atom. The van der Waals surface area contributed by atoms with Gasteiger partial charge in [-0.1, -0.05) is 19.8 Å². The van der Waals surface area contributed by atoms with Gasteiger partial charge >= 0.3 is 0 Å². The summed E-state index contributed by atoms with van der Waals surface area (Å²) in [5.74, 6) is 0.174. The van der Waals surface area contributed by atoms with Gasteiger partial charge in [0.2, 0.25) is 5.91 Å². The van der Waals surface area contributed by atoms with Crippen LogP contribution in [0.3, 0.4) is 0 Å². The van der Waals surface area contributed by atoms with Crippen LogP contribution in [0.25, 0.3) is 0 Å². The van der Waals surface area contributed by atoms with Crippen molar-refractivity contribution in [1.29, 1.82) is 0 Å². The highest BCUT2D eigenvalue weighted by molar-refractivity contribution is 5.82. The van der Waals surface area contributed by atoms with E-state index in [1.807, 2.05) is 0 Å². The minimum absolute atomic E-state index is 0.125. The van der Waals surface area contributed by atoms with Crippen LogP contribution in [0.1, 0.15) is 58.3 Å². The van der Waals surface area contributed by atoms with E-state index >= 15 is 0 Å². The van der Waals surface area contributed by atoms with Crippen LogP contribution in [0.5, 0.6) is 0 Å². The van der Waals surface area contributed by atoms with Crippen LogP contribution in [0.4, 0.5) is 0 Å². The molecule has 0 spiro atoms. The first kappa shape index (κ1) is 11.9. The van der Waals surface area contributed by atoms with Crippen molar-refractivity contribution in [2.24, 2.45) is 5.41 Å². The van der Waals surface area contributed by atoms with Crippen molar-refractivity contribution in [2.75, 3.05) is 6.54 Å². The number of nitrogens with one attached hydrogen (secondary N) is 1. The molecule has 0 heterocycles. The largest absolute Gasteiger partial charge is 0.388 e. The molecule has 0 aromatic heterocycles. The fraction of sp³-hybridized carbons (Fsp3) is 0.923. The van der Waals surface area contributed by atoms with E-state index in [1.165, 1.54) is 12.8 Å². The van der Waals surface area contributed by atoms with Crippen molar-refractivity contribution in [1.82, 2.24) is 5.32 Å². The van der Waals surface area contributed by atoms with E-state index in [0.717, 1.165) is 38.5 Å². The van der Waals surface area contributed by atoms with Gasteiger partial charge in [-0.05, 0) is 38.5 Å². The zero-order chi connectivity index (χ0) is 11.6. The van der Waals surface area contributed by atoms with Gasteiger partial charge in [0.05, 0.1) is 5.60 Å². The fourth-order valence-electron chi connectivity index (χ4n) is 2.99. The summed E-state index contributed by atoms with van der Waals surface area (Å²) in [6, 6.07) is 0. The first-order valence-corrected chi connectivity index (χ1v) is 6.61. The second kappa shape index (κ2) is 4.36. The number of rotatable bonds is 4. The third-order valence-corrected chi connectivity index (χ3v) is 4.58. The molecule has 0 saturated heterocycles. The average Bonchev–Trinajstić information content (AvgIpc) is 2.73. The maximum absolute atomic E-state index is 12.2. The van der Waals surface area contributed by atoms with Crippen LogP contribution in [-0.4, -0.2) is 23.2 Å². The lowest BCUT2D eigenvalue weighted by atomic mass is 9.79. The Kier molecular flexibility index (Phi) is 3.24. The molecule has 92 valence electrons. The van der Waals surface area contributed by atoms with Gasteiger partial charge in [0.25, 0.3) is 0 Å². The van der Waals surface area contributed by atoms with Crippen LogP contribution in [0, 0.1) is 5.41 Å². The average molecular weight is 225 g/mol. The van der Waals surface area contributed by atoms with Crippen LogP contribution in [0.15, 0.2) is 0 Å². The molecule has 2 rings (SSSR count). The predicted molar refractivity (Wildman–Crippen MR) is 63.0 cm³/mol. The number of amides is 1. The highest BCUT2D eigenvalue weighted by Gasteiger charge is 2.41. The van der Waals surface area contributed by atoms with E-state index in [0.29, 0.717) is 6.54 Å². The van der Waals surface area contributed by atoms with E-state index in [2.05, 4.69) is 12.2 Å². The molecule has 0 aromatic rings. The second-order valence-electron chi connectivity index (χ2n) is 5.60. The molecule has 1 amide bonds. The van der Waals surface area contributed by atoms with E-state index < -0.39 is 5.60 Å². The Bertz CT molecular complexity index is 265. The molecule has 3 heteroatoms. The summed E-state index contributed by atoms with van der Waals surface area (Å²) in [7, 11) is 0. The zero-order valence-electron chi connectivity index (χ0n) is 10.2. The lowest BCUT2D eigenvalue weighted by Crippen LogP contribution is -2.50. The van der Waals surface area contributed by atoms with Gasteiger partial charge in [-0.2, -0.15) is 0 Å². The molecule has 2 N–H and O–H groups in total. The number of aliphatic hydroxyl groups is 1. The van der Waals surface area contributed by atoms with Crippen molar-refractivity contribution in [3.63, 3.8) is 0 Å². The van der Waals surface area contributed by atoms with Gasteiger partial charge in [0.1, 0.15) is 0 Å². The fourth-order valence-corrected chi connectivity index (χ4v) is 2.99. The normalized spacial score (nSPS) is 26.1. The maximum Gasteiger partial charge on any atom is 0.226 e. The third-order valence-electron chi connectivity index (χ3n) is 4.58.